The zero-order valence-corrected chi connectivity index (χ0v) is 49.3. The zero-order chi connectivity index (χ0) is 58.7. The maximum atomic E-state index is 12.8. The van der Waals surface area contributed by atoms with Gasteiger partial charge in [-0.1, -0.05) is 78.4 Å². The zero-order valence-electron chi connectivity index (χ0n) is 47.7. The van der Waals surface area contributed by atoms with Crippen LogP contribution in [0.2, 0.25) is 0 Å². The SMILES string of the molecule is Cc1ccc2cc(C(=O)N[C@H]3CCN(c4nccn5ccnc45)C3)ccc2c1.Cc1ccccc1-c1nc(C(=O)N[C@H]2CCN(c3nccn4cccc34)C2)cs1.Cc1ccccc1-c1nc(C(=O)N[C@H]2CCN(c3nccn4ccnc34)C2)cs1. The van der Waals surface area contributed by atoms with Gasteiger partial charge >= 0.3 is 0 Å². The number of nitrogens with one attached hydrogen (secondary N) is 3. The van der Waals surface area contributed by atoms with E-state index in [0.29, 0.717) is 23.5 Å². The van der Waals surface area contributed by atoms with Crippen molar-refractivity contribution in [1.82, 2.24) is 64.0 Å². The van der Waals surface area contributed by atoms with Crippen LogP contribution in [0.4, 0.5) is 17.5 Å². The Balaban J connectivity index is 0.000000120. The number of thiazole rings is 2. The fourth-order valence-corrected chi connectivity index (χ4v) is 13.2. The highest BCUT2D eigenvalue weighted by Gasteiger charge is 2.30. The molecule has 3 amide bonds. The average Bonchev–Trinajstić information content (AvgIpc) is 3.77. The van der Waals surface area contributed by atoms with Gasteiger partial charge in [0.25, 0.3) is 17.7 Å². The van der Waals surface area contributed by atoms with Crippen LogP contribution in [0.1, 0.15) is 67.3 Å². The largest absolute Gasteiger partial charge is 0.353 e. The van der Waals surface area contributed by atoms with Gasteiger partial charge in [0.05, 0.1) is 5.52 Å². The Hall–Kier alpha value is -9.86. The number of aryl methyl sites for hydroxylation is 3. The lowest BCUT2D eigenvalue weighted by atomic mass is 10.0. The molecule has 8 aromatic heterocycles. The Labute approximate surface area is 504 Å². The molecule has 0 spiro atoms. The second kappa shape index (κ2) is 24.4. The van der Waals surface area contributed by atoms with E-state index in [2.05, 4.69) is 127 Å². The monoisotopic (exact) mass is 1180 g/mol. The smallest absolute Gasteiger partial charge is 0.271 e. The number of anilines is 3. The molecule has 11 heterocycles. The molecular formula is C65H62N16O3S2. The summed E-state index contributed by atoms with van der Waals surface area (Å²) in [5.41, 5.74) is 10.1. The first kappa shape index (κ1) is 55.3. The summed E-state index contributed by atoms with van der Waals surface area (Å²) in [6, 6.07) is 32.7. The van der Waals surface area contributed by atoms with E-state index in [1.54, 1.807) is 24.8 Å². The van der Waals surface area contributed by atoms with Crippen LogP contribution >= 0.6 is 22.7 Å². The van der Waals surface area contributed by atoms with E-state index in [4.69, 9.17) is 0 Å². The molecule has 3 saturated heterocycles. The standard InChI is InChI=1S/C22H21N5OS.C22H21N5O.C21H20N6OS/c1-15-5-2-3-6-17(15)22-25-18(14-29-22)21(28)24-16-8-11-27(13-16)20-19-7-4-10-26(19)12-9-23-20;1-15-2-3-17-13-18(5-4-16(17)12-15)22(28)25-19-6-9-27(14-19)21-20-23-7-10-26(20)11-8-24-21;1-14-4-2-3-5-16(14)21-25-17(13-29-21)20(28)24-15-6-9-27(12-15)19-18-22-7-10-26(18)11-8-23-19/h2-7,9-10,12,14,16H,8,11,13H2,1H3,(H,24,28);2-5,7-8,10-13,19H,6,9,14H2,1H3,(H,25,28);2-5,7-8,10-11,13,15H,6,9,12H2,1H3,(H,24,28)/t16-;19-;15-/m000/s1. The van der Waals surface area contributed by atoms with Crippen molar-refractivity contribution in [3.63, 3.8) is 0 Å². The number of hydrogen-bond acceptors (Lipinski definition) is 15. The number of aromatic nitrogens is 10. The van der Waals surface area contributed by atoms with E-state index >= 15 is 0 Å². The van der Waals surface area contributed by atoms with Gasteiger partial charge in [0.15, 0.2) is 28.7 Å². The molecule has 0 bridgehead atoms. The van der Waals surface area contributed by atoms with Gasteiger partial charge in [-0.05, 0) is 86.2 Å². The third kappa shape index (κ3) is 11.8. The van der Waals surface area contributed by atoms with Gasteiger partial charge in [-0.15, -0.1) is 22.7 Å². The first-order valence-corrected chi connectivity index (χ1v) is 30.5. The summed E-state index contributed by atoms with van der Waals surface area (Å²) in [4.78, 5) is 76.3. The van der Waals surface area contributed by atoms with Crippen LogP contribution in [0.25, 0.3) is 48.7 Å². The van der Waals surface area contributed by atoms with Crippen molar-refractivity contribution < 1.29 is 14.4 Å². The molecule has 4 aromatic carbocycles. The Morgan fingerprint density at radius 1 is 0.465 bits per heavy atom. The predicted molar refractivity (Wildman–Crippen MR) is 339 cm³/mol. The molecule has 21 heteroatoms. The van der Waals surface area contributed by atoms with E-state index in [9.17, 15) is 14.4 Å². The molecule has 0 saturated carbocycles. The minimum Gasteiger partial charge on any atom is -0.353 e. The minimum absolute atomic E-state index is 0.0266. The van der Waals surface area contributed by atoms with E-state index < -0.39 is 0 Å². The molecule has 3 atom stereocenters. The molecule has 15 rings (SSSR count). The highest BCUT2D eigenvalue weighted by atomic mass is 32.1. The highest BCUT2D eigenvalue weighted by molar-refractivity contribution is 7.13. The Morgan fingerprint density at radius 3 is 1.45 bits per heavy atom. The molecule has 0 unspecified atom stereocenters. The second-order valence-corrected chi connectivity index (χ2v) is 23.6. The summed E-state index contributed by atoms with van der Waals surface area (Å²) in [5.74, 6) is 2.42. The van der Waals surface area contributed by atoms with Crippen LogP contribution in [0.3, 0.4) is 0 Å². The van der Waals surface area contributed by atoms with Gasteiger partial charge in [0, 0.05) is 153 Å². The van der Waals surface area contributed by atoms with Crippen molar-refractivity contribution in [2.45, 2.75) is 58.2 Å². The van der Waals surface area contributed by atoms with Crippen molar-refractivity contribution in [3.05, 3.63) is 210 Å². The number of rotatable bonds is 11. The summed E-state index contributed by atoms with van der Waals surface area (Å²) in [6.07, 6.45) is 23.1. The first-order chi connectivity index (χ1) is 42.0. The van der Waals surface area contributed by atoms with Crippen LogP contribution in [-0.2, 0) is 0 Å². The number of benzene rings is 4. The number of carbonyl (C=O) groups excluding carboxylic acids is 3. The molecule has 432 valence electrons. The molecule has 3 fully saturated rings. The van der Waals surface area contributed by atoms with Gasteiger partial charge in [0.1, 0.15) is 21.4 Å². The first-order valence-electron chi connectivity index (χ1n) is 28.7. The molecule has 12 aromatic rings. The van der Waals surface area contributed by atoms with Crippen LogP contribution in [-0.4, -0.2) is 123 Å². The van der Waals surface area contributed by atoms with Gasteiger partial charge < -0.3 is 43.9 Å². The van der Waals surface area contributed by atoms with Crippen molar-refractivity contribution in [2.24, 2.45) is 0 Å². The molecular weight excluding hydrogens is 1120 g/mol. The number of nitrogens with zero attached hydrogens (tertiary/aromatic N) is 13. The number of carbonyl (C=O) groups is 3. The van der Waals surface area contributed by atoms with Crippen molar-refractivity contribution >= 4 is 85.4 Å². The van der Waals surface area contributed by atoms with Crippen molar-refractivity contribution in [1.29, 1.82) is 0 Å². The fraction of sp³-hybridized carbons (Fsp3) is 0.231. The lowest BCUT2D eigenvalue weighted by Gasteiger charge is -2.18. The topological polar surface area (TPSA) is 200 Å². The molecule has 3 aliphatic heterocycles. The lowest BCUT2D eigenvalue weighted by molar-refractivity contribution is 0.0928. The van der Waals surface area contributed by atoms with Crippen molar-refractivity contribution in [2.75, 3.05) is 54.0 Å². The van der Waals surface area contributed by atoms with Crippen LogP contribution in [0, 0.1) is 20.8 Å². The third-order valence-electron chi connectivity index (χ3n) is 16.0. The fourth-order valence-electron chi connectivity index (χ4n) is 11.5. The highest BCUT2D eigenvalue weighted by Crippen LogP contribution is 2.30. The van der Waals surface area contributed by atoms with E-state index in [1.165, 1.54) is 28.2 Å². The summed E-state index contributed by atoms with van der Waals surface area (Å²) in [5, 5.41) is 17.1. The molecule has 3 N–H and O–H groups in total. The van der Waals surface area contributed by atoms with Gasteiger partial charge in [-0.2, -0.15) is 0 Å². The van der Waals surface area contributed by atoms with Crippen molar-refractivity contribution in [3.8, 4) is 21.1 Å². The Morgan fingerprint density at radius 2 is 0.919 bits per heavy atom. The number of hydrogen-bond donors (Lipinski definition) is 3. The quantitative estimate of drug-likeness (QED) is 0.111. The summed E-state index contributed by atoms with van der Waals surface area (Å²) in [7, 11) is 0. The van der Waals surface area contributed by atoms with E-state index in [1.807, 2.05) is 124 Å². The normalized spacial score (nSPS) is 16.5. The molecule has 0 aliphatic carbocycles. The van der Waals surface area contributed by atoms with Crippen LogP contribution < -0.4 is 30.7 Å². The van der Waals surface area contributed by atoms with Crippen LogP contribution in [0.15, 0.2) is 176 Å². The van der Waals surface area contributed by atoms with Gasteiger partial charge in [0.2, 0.25) is 0 Å². The molecule has 3 aliphatic rings. The number of fused-ring (bicyclic) bond motifs is 4. The van der Waals surface area contributed by atoms with Gasteiger partial charge in [-0.25, -0.2) is 34.9 Å². The summed E-state index contributed by atoms with van der Waals surface area (Å²) in [6.45, 7) is 10.9. The maximum absolute atomic E-state index is 12.8. The third-order valence-corrected chi connectivity index (χ3v) is 17.7. The minimum atomic E-state index is -0.125. The van der Waals surface area contributed by atoms with Crippen LogP contribution in [0.5, 0.6) is 0 Å². The second-order valence-electron chi connectivity index (χ2n) is 21.9. The predicted octanol–water partition coefficient (Wildman–Crippen LogP) is 10.1. The lowest BCUT2D eigenvalue weighted by Crippen LogP contribution is -2.37. The molecule has 86 heavy (non-hydrogen) atoms. The molecule has 0 radical (unpaired) electrons. The maximum Gasteiger partial charge on any atom is 0.271 e. The molecule has 19 nitrogen and oxygen atoms in total. The summed E-state index contributed by atoms with van der Waals surface area (Å²) >= 11 is 3.01. The van der Waals surface area contributed by atoms with Gasteiger partial charge in [-0.3, -0.25) is 14.4 Å². The summed E-state index contributed by atoms with van der Waals surface area (Å²) < 4.78 is 5.98. The Kier molecular flexibility index (Phi) is 15.7. The number of imidazole rings is 2. The Bertz CT molecular complexity index is 4250. The number of amides is 3. The van der Waals surface area contributed by atoms with E-state index in [-0.39, 0.29) is 35.8 Å². The average molecular weight is 1180 g/mol. The van der Waals surface area contributed by atoms with E-state index in [0.717, 1.165) is 129 Å².